The maximum Gasteiger partial charge on any atom is 0.0701 e. The zero-order valence-electron chi connectivity index (χ0n) is 16.2. The summed E-state index contributed by atoms with van der Waals surface area (Å²) < 4.78 is 27.6. The van der Waals surface area contributed by atoms with Gasteiger partial charge in [-0.05, 0) is 12.8 Å². The molecule has 1 aliphatic rings. The fourth-order valence-electron chi connectivity index (χ4n) is 2.80. The minimum absolute atomic E-state index is 0.611. The summed E-state index contributed by atoms with van der Waals surface area (Å²) in [6.45, 7) is 6.85. The van der Waals surface area contributed by atoms with Crippen molar-refractivity contribution in [3.63, 3.8) is 0 Å². The summed E-state index contributed by atoms with van der Waals surface area (Å²) >= 11 is 0. The van der Waals surface area contributed by atoms with E-state index in [1.165, 1.54) is 64.2 Å². The Morgan fingerprint density at radius 1 is 0.200 bits per heavy atom. The molecule has 1 heterocycles. The molecule has 0 aromatic rings. The summed E-state index contributed by atoms with van der Waals surface area (Å²) in [4.78, 5) is 0. The van der Waals surface area contributed by atoms with E-state index < -0.39 is 0 Å². The highest BCUT2D eigenvalue weighted by molar-refractivity contribution is 4.48. The normalized spacial score (nSPS) is 24.0. The molecule has 0 amide bonds. The third-order valence-electron chi connectivity index (χ3n) is 4.32. The monoisotopic (exact) mass is 360 g/mol. The second-order valence-corrected chi connectivity index (χ2v) is 6.60. The molecule has 5 heteroatoms. The maximum atomic E-state index is 5.59. The third-order valence-corrected chi connectivity index (χ3v) is 4.32. The number of rotatable bonds is 0. The molecular formula is C20H40O5. The Kier molecular flexibility index (Phi) is 18.4. The van der Waals surface area contributed by atoms with Gasteiger partial charge in [0.2, 0.25) is 0 Å². The van der Waals surface area contributed by atoms with Crippen LogP contribution in [-0.4, -0.2) is 66.1 Å². The standard InChI is InChI=1S/C20H40O5/c1-2-4-6-8-10-12-22-14-16-24-18-20-25-19-17-23-15-13-21-11-9-7-5-3-1/h1-20H2. The van der Waals surface area contributed by atoms with E-state index in [-0.39, 0.29) is 0 Å². The Morgan fingerprint density at radius 2 is 0.400 bits per heavy atom. The summed E-state index contributed by atoms with van der Waals surface area (Å²) in [7, 11) is 0. The molecule has 0 bridgehead atoms. The average molecular weight is 361 g/mol. The summed E-state index contributed by atoms with van der Waals surface area (Å²) in [6.07, 6.45) is 13.1. The van der Waals surface area contributed by atoms with Gasteiger partial charge in [0.1, 0.15) is 0 Å². The van der Waals surface area contributed by atoms with Crippen LogP contribution in [0.5, 0.6) is 0 Å². The van der Waals surface area contributed by atoms with Gasteiger partial charge in [0, 0.05) is 13.2 Å². The fourth-order valence-corrected chi connectivity index (χ4v) is 2.80. The molecule has 0 aromatic heterocycles. The Bertz CT molecular complexity index is 134. The molecule has 1 rings (SSSR count). The van der Waals surface area contributed by atoms with Crippen LogP contribution in [0.25, 0.3) is 0 Å². The van der Waals surface area contributed by atoms with Crippen LogP contribution in [0.4, 0.5) is 0 Å². The first-order valence-electron chi connectivity index (χ1n) is 10.4. The van der Waals surface area contributed by atoms with Crippen molar-refractivity contribution in [2.45, 2.75) is 64.2 Å². The van der Waals surface area contributed by atoms with E-state index in [9.17, 15) is 0 Å². The molecule has 0 radical (unpaired) electrons. The van der Waals surface area contributed by atoms with E-state index in [2.05, 4.69) is 0 Å². The van der Waals surface area contributed by atoms with E-state index in [4.69, 9.17) is 23.7 Å². The summed E-state index contributed by atoms with van der Waals surface area (Å²) in [5.74, 6) is 0. The van der Waals surface area contributed by atoms with Crippen molar-refractivity contribution in [1.29, 1.82) is 0 Å². The molecular weight excluding hydrogens is 320 g/mol. The zero-order valence-corrected chi connectivity index (χ0v) is 16.2. The van der Waals surface area contributed by atoms with Crippen LogP contribution in [0.1, 0.15) is 64.2 Å². The Labute approximate surface area is 154 Å². The predicted molar refractivity (Wildman–Crippen MR) is 100 cm³/mol. The Balaban J connectivity index is 2.00. The molecule has 0 N–H and O–H groups in total. The zero-order chi connectivity index (χ0) is 17.7. The minimum Gasteiger partial charge on any atom is -0.379 e. The van der Waals surface area contributed by atoms with Crippen LogP contribution >= 0.6 is 0 Å². The number of ether oxygens (including phenoxy) is 5. The van der Waals surface area contributed by atoms with Gasteiger partial charge in [-0.3, -0.25) is 0 Å². The molecule has 0 unspecified atom stereocenters. The molecule has 1 fully saturated rings. The van der Waals surface area contributed by atoms with Gasteiger partial charge in [-0.2, -0.15) is 0 Å². The lowest BCUT2D eigenvalue weighted by atomic mass is 10.1. The van der Waals surface area contributed by atoms with Gasteiger partial charge >= 0.3 is 0 Å². The lowest BCUT2D eigenvalue weighted by molar-refractivity contribution is -0.0114. The molecule has 1 saturated heterocycles. The van der Waals surface area contributed by atoms with Crippen molar-refractivity contribution in [3.8, 4) is 0 Å². The van der Waals surface area contributed by atoms with Crippen LogP contribution in [0.2, 0.25) is 0 Å². The molecule has 0 atom stereocenters. The summed E-state index contributed by atoms with van der Waals surface area (Å²) in [6, 6.07) is 0. The first kappa shape index (κ1) is 22.8. The van der Waals surface area contributed by atoms with Gasteiger partial charge in [-0.15, -0.1) is 0 Å². The summed E-state index contributed by atoms with van der Waals surface area (Å²) in [5, 5.41) is 0. The summed E-state index contributed by atoms with van der Waals surface area (Å²) in [5.41, 5.74) is 0. The minimum atomic E-state index is 0.611. The second-order valence-electron chi connectivity index (χ2n) is 6.60. The highest BCUT2D eigenvalue weighted by atomic mass is 16.6. The van der Waals surface area contributed by atoms with Gasteiger partial charge < -0.3 is 23.7 Å². The second kappa shape index (κ2) is 20.1. The van der Waals surface area contributed by atoms with Crippen LogP contribution in [-0.2, 0) is 23.7 Å². The lowest BCUT2D eigenvalue weighted by Crippen LogP contribution is -2.13. The third kappa shape index (κ3) is 18.4. The van der Waals surface area contributed by atoms with Crippen LogP contribution in [0.3, 0.4) is 0 Å². The van der Waals surface area contributed by atoms with Crippen LogP contribution in [0, 0.1) is 0 Å². The van der Waals surface area contributed by atoms with Crippen LogP contribution < -0.4 is 0 Å². The van der Waals surface area contributed by atoms with E-state index in [1.54, 1.807) is 0 Å². The average Bonchev–Trinajstić information content (AvgIpc) is 2.62. The quantitative estimate of drug-likeness (QED) is 0.654. The van der Waals surface area contributed by atoms with Crippen molar-refractivity contribution < 1.29 is 23.7 Å². The smallest absolute Gasteiger partial charge is 0.0701 e. The molecule has 0 aliphatic carbocycles. The van der Waals surface area contributed by atoms with E-state index in [0.29, 0.717) is 52.9 Å². The number of hydrogen-bond acceptors (Lipinski definition) is 5. The highest BCUT2D eigenvalue weighted by Gasteiger charge is 1.96. The van der Waals surface area contributed by atoms with Crippen molar-refractivity contribution in [3.05, 3.63) is 0 Å². The molecule has 5 nitrogen and oxygen atoms in total. The molecule has 0 aromatic carbocycles. The van der Waals surface area contributed by atoms with Crippen LogP contribution in [0.15, 0.2) is 0 Å². The SMILES string of the molecule is C1CCCCCCOCCOCCOCCOCCOCCCCC1. The molecule has 150 valence electrons. The predicted octanol–water partition coefficient (Wildman–Crippen LogP) is 3.98. The van der Waals surface area contributed by atoms with Gasteiger partial charge in [0.25, 0.3) is 0 Å². The molecule has 25 heavy (non-hydrogen) atoms. The largest absolute Gasteiger partial charge is 0.379 e. The van der Waals surface area contributed by atoms with Gasteiger partial charge in [0.15, 0.2) is 0 Å². The first-order chi connectivity index (χ1) is 12.5. The van der Waals surface area contributed by atoms with E-state index in [1.807, 2.05) is 0 Å². The van der Waals surface area contributed by atoms with Crippen molar-refractivity contribution in [2.24, 2.45) is 0 Å². The molecule has 0 saturated carbocycles. The molecule has 1 aliphatic heterocycles. The number of hydrogen-bond donors (Lipinski definition) is 0. The maximum absolute atomic E-state index is 5.59. The van der Waals surface area contributed by atoms with Gasteiger partial charge in [-0.25, -0.2) is 0 Å². The highest BCUT2D eigenvalue weighted by Crippen LogP contribution is 2.10. The van der Waals surface area contributed by atoms with Crippen molar-refractivity contribution in [1.82, 2.24) is 0 Å². The van der Waals surface area contributed by atoms with E-state index >= 15 is 0 Å². The first-order valence-corrected chi connectivity index (χ1v) is 10.4. The van der Waals surface area contributed by atoms with Crippen molar-refractivity contribution in [2.75, 3.05) is 66.1 Å². The Hall–Kier alpha value is -0.200. The van der Waals surface area contributed by atoms with Gasteiger partial charge in [-0.1, -0.05) is 51.4 Å². The fraction of sp³-hybridized carbons (Fsp3) is 1.00. The topological polar surface area (TPSA) is 46.2 Å². The Morgan fingerprint density at radius 3 is 0.680 bits per heavy atom. The van der Waals surface area contributed by atoms with Crippen molar-refractivity contribution >= 4 is 0 Å². The lowest BCUT2D eigenvalue weighted by Gasteiger charge is -2.08. The molecule has 0 spiro atoms. The van der Waals surface area contributed by atoms with Gasteiger partial charge in [0.05, 0.1) is 52.9 Å². The van der Waals surface area contributed by atoms with E-state index in [0.717, 1.165) is 13.2 Å².